The second kappa shape index (κ2) is 4.50. The molecule has 0 amide bonds. The molecule has 0 saturated carbocycles. The molecule has 4 nitrogen and oxygen atoms in total. The van der Waals surface area contributed by atoms with Crippen LogP contribution in [0.1, 0.15) is 25.1 Å². The highest BCUT2D eigenvalue weighted by Crippen LogP contribution is 1.98. The lowest BCUT2D eigenvalue weighted by Crippen LogP contribution is -2.14. The number of hydrogen-bond donors (Lipinski definition) is 1. The molecule has 4 heteroatoms. The summed E-state index contributed by atoms with van der Waals surface area (Å²) < 4.78 is 0. The van der Waals surface area contributed by atoms with E-state index in [-0.39, 0.29) is 0 Å². The van der Waals surface area contributed by atoms with Gasteiger partial charge in [-0.15, -0.1) is 5.10 Å². The van der Waals surface area contributed by atoms with Crippen molar-refractivity contribution in [1.82, 2.24) is 4.98 Å². The van der Waals surface area contributed by atoms with E-state index in [9.17, 15) is 0 Å². The van der Waals surface area contributed by atoms with Crippen LogP contribution in [0.25, 0.3) is 0 Å². The van der Waals surface area contributed by atoms with Gasteiger partial charge in [0.25, 0.3) is 0 Å². The zero-order chi connectivity index (χ0) is 10.6. The molecular formula is C10H14N4. The summed E-state index contributed by atoms with van der Waals surface area (Å²) in [5.41, 5.74) is 8.28. The van der Waals surface area contributed by atoms with Crippen LogP contribution in [-0.4, -0.2) is 16.5 Å². The number of pyridine rings is 1. The fourth-order valence-electron chi connectivity index (χ4n) is 0.824. The summed E-state index contributed by atoms with van der Waals surface area (Å²) in [5, 5.41) is 7.71. The van der Waals surface area contributed by atoms with E-state index in [0.717, 1.165) is 11.3 Å². The average molecular weight is 190 g/mol. The maximum absolute atomic E-state index is 5.67. The lowest BCUT2D eigenvalue weighted by Gasteiger charge is -1.97. The second-order valence-corrected chi connectivity index (χ2v) is 3.25. The van der Waals surface area contributed by atoms with E-state index < -0.39 is 0 Å². The van der Waals surface area contributed by atoms with Crippen molar-refractivity contribution in [2.45, 2.75) is 20.8 Å². The molecular weight excluding hydrogens is 176 g/mol. The van der Waals surface area contributed by atoms with Crippen molar-refractivity contribution in [2.75, 3.05) is 0 Å². The Morgan fingerprint density at radius 1 is 1.29 bits per heavy atom. The van der Waals surface area contributed by atoms with Gasteiger partial charge in [0.15, 0.2) is 5.84 Å². The number of aryl methyl sites for hydroxylation is 1. The van der Waals surface area contributed by atoms with Crippen LogP contribution >= 0.6 is 0 Å². The normalized spacial score (nSPS) is 11.2. The maximum Gasteiger partial charge on any atom is 0.171 e. The van der Waals surface area contributed by atoms with Gasteiger partial charge in [-0.25, -0.2) is 0 Å². The topological polar surface area (TPSA) is 63.6 Å². The first-order valence-corrected chi connectivity index (χ1v) is 4.37. The van der Waals surface area contributed by atoms with Crippen LogP contribution in [0.15, 0.2) is 28.5 Å². The van der Waals surface area contributed by atoms with Gasteiger partial charge in [0.1, 0.15) is 5.69 Å². The van der Waals surface area contributed by atoms with Crippen molar-refractivity contribution >= 4 is 11.5 Å². The third-order valence-electron chi connectivity index (χ3n) is 1.53. The van der Waals surface area contributed by atoms with E-state index in [2.05, 4.69) is 15.2 Å². The first-order valence-electron chi connectivity index (χ1n) is 4.37. The summed E-state index contributed by atoms with van der Waals surface area (Å²) in [4.78, 5) is 4.13. The summed E-state index contributed by atoms with van der Waals surface area (Å²) in [5.74, 6) is 0.339. The molecule has 1 rings (SSSR count). The predicted molar refractivity (Wildman–Crippen MR) is 58.5 cm³/mol. The van der Waals surface area contributed by atoms with Gasteiger partial charge in [-0.3, -0.25) is 4.98 Å². The Balaban J connectivity index is 2.89. The summed E-state index contributed by atoms with van der Waals surface area (Å²) >= 11 is 0. The number of aromatic nitrogens is 1. The molecule has 0 bridgehead atoms. The number of amidine groups is 1. The van der Waals surface area contributed by atoms with Gasteiger partial charge in [-0.1, -0.05) is 6.07 Å². The third kappa shape index (κ3) is 2.97. The van der Waals surface area contributed by atoms with Crippen LogP contribution in [0.4, 0.5) is 0 Å². The van der Waals surface area contributed by atoms with Crippen LogP contribution in [0.2, 0.25) is 0 Å². The molecule has 0 fully saturated rings. The quantitative estimate of drug-likeness (QED) is 0.436. The second-order valence-electron chi connectivity index (χ2n) is 3.25. The van der Waals surface area contributed by atoms with Crippen LogP contribution in [-0.2, 0) is 0 Å². The zero-order valence-corrected chi connectivity index (χ0v) is 8.65. The zero-order valence-electron chi connectivity index (χ0n) is 8.65. The largest absolute Gasteiger partial charge is 0.380 e. The molecule has 1 aromatic heterocycles. The molecule has 74 valence electrons. The van der Waals surface area contributed by atoms with Gasteiger partial charge >= 0.3 is 0 Å². The maximum atomic E-state index is 5.67. The molecule has 2 N–H and O–H groups in total. The SMILES string of the molecule is CC(C)=N/N=C(\N)c1ccc(C)cn1. The van der Waals surface area contributed by atoms with E-state index >= 15 is 0 Å². The Hall–Kier alpha value is -1.71. The van der Waals surface area contributed by atoms with Crippen molar-refractivity contribution in [2.24, 2.45) is 15.9 Å². The first-order chi connectivity index (χ1) is 6.59. The highest BCUT2D eigenvalue weighted by atomic mass is 15.2. The molecule has 0 atom stereocenters. The predicted octanol–water partition coefficient (Wildman–Crippen LogP) is 1.49. The minimum atomic E-state index is 0.339. The van der Waals surface area contributed by atoms with Gasteiger partial charge < -0.3 is 5.73 Å². The summed E-state index contributed by atoms with van der Waals surface area (Å²) in [6.07, 6.45) is 1.75. The van der Waals surface area contributed by atoms with Gasteiger partial charge in [-0.05, 0) is 32.4 Å². The minimum Gasteiger partial charge on any atom is -0.380 e. The lowest BCUT2D eigenvalue weighted by molar-refractivity contribution is 1.17. The van der Waals surface area contributed by atoms with Crippen molar-refractivity contribution in [3.8, 4) is 0 Å². The Morgan fingerprint density at radius 2 is 2.00 bits per heavy atom. The van der Waals surface area contributed by atoms with Gasteiger partial charge in [0.2, 0.25) is 0 Å². The highest BCUT2D eigenvalue weighted by Gasteiger charge is 1.98. The number of nitrogens with zero attached hydrogens (tertiary/aromatic N) is 3. The van der Waals surface area contributed by atoms with E-state index in [4.69, 9.17) is 5.73 Å². The van der Waals surface area contributed by atoms with Gasteiger partial charge in [0.05, 0.1) is 0 Å². The lowest BCUT2D eigenvalue weighted by atomic mass is 10.3. The van der Waals surface area contributed by atoms with Crippen LogP contribution in [0, 0.1) is 6.92 Å². The van der Waals surface area contributed by atoms with E-state index in [0.29, 0.717) is 11.5 Å². The molecule has 0 aliphatic carbocycles. The number of nitrogens with two attached hydrogens (primary N) is 1. The highest BCUT2D eigenvalue weighted by molar-refractivity contribution is 5.96. The molecule has 0 saturated heterocycles. The van der Waals surface area contributed by atoms with E-state index in [1.807, 2.05) is 32.9 Å². The van der Waals surface area contributed by atoms with Crippen LogP contribution in [0.5, 0.6) is 0 Å². The summed E-state index contributed by atoms with van der Waals surface area (Å²) in [6, 6.07) is 3.77. The Morgan fingerprint density at radius 3 is 2.50 bits per heavy atom. The summed E-state index contributed by atoms with van der Waals surface area (Å²) in [6.45, 7) is 5.69. The molecule has 0 spiro atoms. The molecule has 0 unspecified atom stereocenters. The molecule has 14 heavy (non-hydrogen) atoms. The molecule has 0 aliphatic rings. The fraction of sp³-hybridized carbons (Fsp3) is 0.300. The van der Waals surface area contributed by atoms with Gasteiger partial charge in [-0.2, -0.15) is 5.10 Å². The summed E-state index contributed by atoms with van der Waals surface area (Å²) in [7, 11) is 0. The Bertz CT molecular complexity index is 358. The van der Waals surface area contributed by atoms with Gasteiger partial charge in [0, 0.05) is 11.9 Å². The van der Waals surface area contributed by atoms with Crippen molar-refractivity contribution in [1.29, 1.82) is 0 Å². The molecule has 1 heterocycles. The molecule has 0 radical (unpaired) electrons. The molecule has 1 aromatic rings. The third-order valence-corrected chi connectivity index (χ3v) is 1.53. The average Bonchev–Trinajstić information content (AvgIpc) is 2.15. The van der Waals surface area contributed by atoms with Crippen LogP contribution in [0.3, 0.4) is 0 Å². The van der Waals surface area contributed by atoms with Crippen molar-refractivity contribution < 1.29 is 0 Å². The molecule has 0 aliphatic heterocycles. The Labute approximate surface area is 83.6 Å². The number of rotatable bonds is 2. The van der Waals surface area contributed by atoms with E-state index in [1.165, 1.54) is 0 Å². The number of hydrogen-bond acceptors (Lipinski definition) is 3. The monoisotopic (exact) mass is 190 g/mol. The first kappa shape index (κ1) is 10.4. The van der Waals surface area contributed by atoms with E-state index in [1.54, 1.807) is 6.20 Å². The molecule has 0 aromatic carbocycles. The van der Waals surface area contributed by atoms with Crippen molar-refractivity contribution in [3.05, 3.63) is 29.6 Å². The standard InChI is InChI=1S/C10H14N4/c1-7(2)13-14-10(11)9-5-4-8(3)6-12-9/h4-6H,1-3H3,(H2,11,14). The fourth-order valence-corrected chi connectivity index (χ4v) is 0.824. The Kier molecular flexibility index (Phi) is 3.34. The van der Waals surface area contributed by atoms with Crippen LogP contribution < -0.4 is 5.73 Å². The van der Waals surface area contributed by atoms with Crippen molar-refractivity contribution in [3.63, 3.8) is 0 Å². The smallest absolute Gasteiger partial charge is 0.171 e. The minimum absolute atomic E-state index is 0.339.